The summed E-state index contributed by atoms with van der Waals surface area (Å²) in [6, 6.07) is -0.0901. The second kappa shape index (κ2) is 11.6. The Morgan fingerprint density at radius 3 is 2.56 bits per heavy atom. The molecule has 8 heteroatoms. The molecule has 8 nitrogen and oxygen atoms in total. The van der Waals surface area contributed by atoms with E-state index in [4.69, 9.17) is 18.9 Å². The maximum absolute atomic E-state index is 12.3. The molecule has 0 aromatic rings. The summed E-state index contributed by atoms with van der Waals surface area (Å²) in [6.45, 7) is 13.8. The van der Waals surface area contributed by atoms with Crippen molar-refractivity contribution in [1.29, 1.82) is 0 Å². The molecule has 0 radical (unpaired) electrons. The number of carbonyl (C=O) groups is 2. The van der Waals surface area contributed by atoms with Gasteiger partial charge in [0.1, 0.15) is 23.9 Å². The SMILES string of the molecule is CC(=O)OC(C)/C=C\C(=O)N[C@@H]1C[C@H](C)[C@H](C/C=C(C)/C=C/[C@H]2OC(C)(C)C[C@@]3(CO3)[C@@H]2O)O[C@@H]1C. The fourth-order valence-electron chi connectivity index (χ4n) is 5.19. The third-order valence-corrected chi connectivity index (χ3v) is 7.18. The molecule has 0 aromatic carbocycles. The van der Waals surface area contributed by atoms with Crippen LogP contribution in [0.2, 0.25) is 0 Å². The maximum atomic E-state index is 12.3. The van der Waals surface area contributed by atoms with E-state index in [1.54, 1.807) is 13.0 Å². The number of esters is 1. The first-order chi connectivity index (χ1) is 16.8. The Balaban J connectivity index is 1.49. The van der Waals surface area contributed by atoms with Crippen molar-refractivity contribution in [3.8, 4) is 0 Å². The molecule has 3 fully saturated rings. The van der Waals surface area contributed by atoms with Crippen LogP contribution in [0.5, 0.6) is 0 Å². The van der Waals surface area contributed by atoms with Gasteiger partial charge in [-0.3, -0.25) is 9.59 Å². The quantitative estimate of drug-likeness (QED) is 0.225. The molecule has 1 amide bonds. The Morgan fingerprint density at radius 1 is 1.22 bits per heavy atom. The molecule has 0 saturated carbocycles. The van der Waals surface area contributed by atoms with Crippen LogP contribution in [0.25, 0.3) is 0 Å². The molecule has 202 valence electrons. The number of carbonyl (C=O) groups excluding carboxylic acids is 2. The average Bonchev–Trinajstić information content (AvgIpc) is 3.54. The molecule has 1 spiro atoms. The Labute approximate surface area is 215 Å². The van der Waals surface area contributed by atoms with E-state index >= 15 is 0 Å². The van der Waals surface area contributed by atoms with Crippen LogP contribution in [0, 0.1) is 5.92 Å². The van der Waals surface area contributed by atoms with Crippen LogP contribution in [-0.4, -0.2) is 71.4 Å². The predicted octanol–water partition coefficient (Wildman–Crippen LogP) is 3.38. The second-order valence-corrected chi connectivity index (χ2v) is 11.2. The molecule has 2 N–H and O–H groups in total. The number of amides is 1. The molecule has 3 saturated heterocycles. The van der Waals surface area contributed by atoms with E-state index in [0.717, 1.165) is 18.4 Å². The summed E-state index contributed by atoms with van der Waals surface area (Å²) in [5.74, 6) is -0.346. The van der Waals surface area contributed by atoms with Gasteiger partial charge in [0.25, 0.3) is 0 Å². The lowest BCUT2D eigenvalue weighted by Gasteiger charge is -2.41. The highest BCUT2D eigenvalue weighted by atomic mass is 16.6. The number of aliphatic hydroxyl groups excluding tert-OH is 1. The van der Waals surface area contributed by atoms with Gasteiger partial charge in [0.15, 0.2) is 0 Å². The standard InChI is InChI=1S/C28H43NO7/c1-17(9-12-24-26(32)28(16-33-28)15-27(6,7)36-24)8-11-23-18(2)14-22(20(4)35-23)29-25(31)13-10-19(3)34-21(5)30/h8-10,12-13,18-20,22-24,26,32H,11,14-16H2,1-7H3,(H,29,31)/b12-9+,13-10-,17-8+/t18-,19?,20+,22+,23-,24+,26+,28+/m0/s1. The van der Waals surface area contributed by atoms with Gasteiger partial charge in [-0.05, 0) is 59.5 Å². The Hall–Kier alpha value is -2.00. The van der Waals surface area contributed by atoms with Gasteiger partial charge in [0.2, 0.25) is 5.91 Å². The van der Waals surface area contributed by atoms with Gasteiger partial charge in [-0.1, -0.05) is 30.7 Å². The summed E-state index contributed by atoms with van der Waals surface area (Å²) in [5.41, 5.74) is 0.274. The largest absolute Gasteiger partial charge is 0.459 e. The van der Waals surface area contributed by atoms with Crippen molar-refractivity contribution in [3.05, 3.63) is 36.0 Å². The zero-order chi connectivity index (χ0) is 26.7. The molecule has 1 unspecified atom stereocenters. The summed E-state index contributed by atoms with van der Waals surface area (Å²) in [7, 11) is 0. The Bertz CT molecular complexity index is 888. The van der Waals surface area contributed by atoms with E-state index in [1.165, 1.54) is 13.0 Å². The smallest absolute Gasteiger partial charge is 0.303 e. The van der Waals surface area contributed by atoms with Crippen LogP contribution in [-0.2, 0) is 28.5 Å². The van der Waals surface area contributed by atoms with Crippen LogP contribution < -0.4 is 5.32 Å². The number of ether oxygens (including phenoxy) is 4. The molecule has 3 aliphatic heterocycles. The molecule has 3 aliphatic rings. The maximum Gasteiger partial charge on any atom is 0.303 e. The predicted molar refractivity (Wildman–Crippen MR) is 136 cm³/mol. The van der Waals surface area contributed by atoms with Crippen molar-refractivity contribution in [2.45, 2.75) is 115 Å². The minimum Gasteiger partial charge on any atom is -0.459 e. The summed E-state index contributed by atoms with van der Waals surface area (Å²) < 4.78 is 23.0. The molecule has 0 aliphatic carbocycles. The van der Waals surface area contributed by atoms with Gasteiger partial charge in [-0.15, -0.1) is 0 Å². The Kier molecular flexibility index (Phi) is 9.20. The molecular weight excluding hydrogens is 462 g/mol. The molecule has 3 heterocycles. The van der Waals surface area contributed by atoms with E-state index in [1.807, 2.05) is 39.8 Å². The highest BCUT2D eigenvalue weighted by Gasteiger charge is 2.60. The summed E-state index contributed by atoms with van der Waals surface area (Å²) in [5, 5.41) is 13.7. The average molecular weight is 506 g/mol. The molecule has 36 heavy (non-hydrogen) atoms. The first-order valence-electron chi connectivity index (χ1n) is 13.0. The minimum atomic E-state index is -0.663. The van der Waals surface area contributed by atoms with Crippen LogP contribution in [0.4, 0.5) is 0 Å². The third-order valence-electron chi connectivity index (χ3n) is 7.18. The van der Waals surface area contributed by atoms with Crippen molar-refractivity contribution in [3.63, 3.8) is 0 Å². The summed E-state index contributed by atoms with van der Waals surface area (Å²) in [6.07, 6.45) is 9.71. The summed E-state index contributed by atoms with van der Waals surface area (Å²) in [4.78, 5) is 23.3. The molecular formula is C28H43NO7. The highest BCUT2D eigenvalue weighted by Crippen LogP contribution is 2.46. The molecule has 3 rings (SSSR count). The number of aliphatic hydroxyl groups is 1. The zero-order valence-corrected chi connectivity index (χ0v) is 22.7. The van der Waals surface area contributed by atoms with E-state index in [2.05, 4.69) is 18.3 Å². The van der Waals surface area contributed by atoms with E-state index < -0.39 is 23.9 Å². The highest BCUT2D eigenvalue weighted by molar-refractivity contribution is 5.87. The van der Waals surface area contributed by atoms with Crippen LogP contribution in [0.1, 0.15) is 67.7 Å². The summed E-state index contributed by atoms with van der Waals surface area (Å²) >= 11 is 0. The number of epoxide rings is 1. The second-order valence-electron chi connectivity index (χ2n) is 11.2. The van der Waals surface area contributed by atoms with Crippen LogP contribution in [0.15, 0.2) is 36.0 Å². The van der Waals surface area contributed by atoms with E-state index in [9.17, 15) is 14.7 Å². The van der Waals surface area contributed by atoms with E-state index in [-0.39, 0.29) is 41.6 Å². The van der Waals surface area contributed by atoms with Crippen molar-refractivity contribution >= 4 is 11.9 Å². The molecule has 8 atom stereocenters. The number of hydrogen-bond donors (Lipinski definition) is 2. The number of nitrogens with one attached hydrogen (secondary N) is 1. The van der Waals surface area contributed by atoms with Gasteiger partial charge in [-0.2, -0.15) is 0 Å². The normalized spacial score (nSPS) is 37.3. The van der Waals surface area contributed by atoms with Crippen molar-refractivity contribution in [2.75, 3.05) is 6.61 Å². The lowest BCUT2D eigenvalue weighted by atomic mass is 9.83. The zero-order valence-electron chi connectivity index (χ0n) is 22.7. The van der Waals surface area contributed by atoms with Crippen LogP contribution >= 0.6 is 0 Å². The fourth-order valence-corrected chi connectivity index (χ4v) is 5.19. The molecule has 0 aromatic heterocycles. The Morgan fingerprint density at radius 2 is 1.92 bits per heavy atom. The fraction of sp³-hybridized carbons (Fsp3) is 0.714. The monoisotopic (exact) mass is 505 g/mol. The number of hydrogen-bond acceptors (Lipinski definition) is 7. The van der Waals surface area contributed by atoms with Crippen molar-refractivity contribution in [1.82, 2.24) is 5.32 Å². The minimum absolute atomic E-state index is 0.0506. The van der Waals surface area contributed by atoms with Gasteiger partial charge < -0.3 is 29.4 Å². The topological polar surface area (TPSA) is 107 Å². The molecule has 0 bridgehead atoms. The van der Waals surface area contributed by atoms with Gasteiger partial charge in [0.05, 0.1) is 30.5 Å². The lowest BCUT2D eigenvalue weighted by Crippen LogP contribution is -2.53. The lowest BCUT2D eigenvalue weighted by molar-refractivity contribution is -0.171. The number of allylic oxidation sites excluding steroid dienone is 2. The van der Waals surface area contributed by atoms with Crippen molar-refractivity contribution in [2.24, 2.45) is 5.92 Å². The first-order valence-corrected chi connectivity index (χ1v) is 13.0. The van der Waals surface area contributed by atoms with Gasteiger partial charge in [-0.25, -0.2) is 0 Å². The van der Waals surface area contributed by atoms with Gasteiger partial charge in [0, 0.05) is 19.4 Å². The van der Waals surface area contributed by atoms with Gasteiger partial charge >= 0.3 is 5.97 Å². The van der Waals surface area contributed by atoms with E-state index in [0.29, 0.717) is 13.0 Å². The number of rotatable bonds is 8. The van der Waals surface area contributed by atoms with Crippen LogP contribution in [0.3, 0.4) is 0 Å². The van der Waals surface area contributed by atoms with Crippen molar-refractivity contribution < 1.29 is 33.6 Å². The third kappa shape index (κ3) is 7.75. The first kappa shape index (κ1) is 28.6.